The van der Waals surface area contributed by atoms with Crippen LogP contribution in [0.25, 0.3) is 0 Å². The quantitative estimate of drug-likeness (QED) is 0.641. The van der Waals surface area contributed by atoms with Crippen LogP contribution in [0.1, 0.15) is 47.8 Å². The van der Waals surface area contributed by atoms with Gasteiger partial charge in [0.25, 0.3) is 0 Å². The number of fused-ring (bicyclic) bond motifs is 1. The fourth-order valence-corrected chi connectivity index (χ4v) is 5.17. The summed E-state index contributed by atoms with van der Waals surface area (Å²) in [5, 5.41) is 18.2. The first-order valence-corrected chi connectivity index (χ1v) is 11.2. The van der Waals surface area contributed by atoms with E-state index in [1.807, 2.05) is 0 Å². The molecule has 3 rings (SSSR count). The Morgan fingerprint density at radius 3 is 2.60 bits per heavy atom. The van der Waals surface area contributed by atoms with Gasteiger partial charge in [0.1, 0.15) is 20.5 Å². The molecule has 0 unspecified atom stereocenters. The van der Waals surface area contributed by atoms with Gasteiger partial charge in [-0.3, -0.25) is 0 Å². The Kier molecular flexibility index (Phi) is 5.69. The SMILES string of the molecule is Cc1c(C(F)(F)F)nc2c(c1NC(=O)N=[S@](N)(=O)c1cnc(C(C)(C)O)s1)CCC2. The van der Waals surface area contributed by atoms with E-state index in [0.29, 0.717) is 24.8 Å². The third-order valence-electron chi connectivity index (χ3n) is 4.48. The van der Waals surface area contributed by atoms with Crippen molar-refractivity contribution in [3.8, 4) is 0 Å². The molecule has 13 heteroatoms. The number of halogens is 3. The van der Waals surface area contributed by atoms with Crippen LogP contribution in [0, 0.1) is 6.92 Å². The van der Waals surface area contributed by atoms with Crippen LogP contribution in [0.4, 0.5) is 23.7 Å². The van der Waals surface area contributed by atoms with Gasteiger partial charge < -0.3 is 10.4 Å². The van der Waals surface area contributed by atoms with Crippen molar-refractivity contribution in [3.63, 3.8) is 0 Å². The molecule has 0 saturated carbocycles. The van der Waals surface area contributed by atoms with E-state index < -0.39 is 33.4 Å². The molecule has 0 aromatic carbocycles. The van der Waals surface area contributed by atoms with Gasteiger partial charge in [0.2, 0.25) is 0 Å². The van der Waals surface area contributed by atoms with Gasteiger partial charge in [-0.2, -0.15) is 13.2 Å². The molecule has 8 nitrogen and oxygen atoms in total. The zero-order valence-corrected chi connectivity index (χ0v) is 18.0. The molecule has 0 saturated heterocycles. The van der Waals surface area contributed by atoms with Gasteiger partial charge in [-0.1, -0.05) is 0 Å². The molecule has 30 heavy (non-hydrogen) atoms. The minimum atomic E-state index is -4.68. The van der Waals surface area contributed by atoms with Crippen LogP contribution >= 0.6 is 11.3 Å². The molecule has 2 heterocycles. The summed E-state index contributed by atoms with van der Waals surface area (Å²) in [5.74, 6) is 0. The van der Waals surface area contributed by atoms with Crippen molar-refractivity contribution in [1.29, 1.82) is 0 Å². The summed E-state index contributed by atoms with van der Waals surface area (Å²) in [5.41, 5.74) is -1.87. The molecule has 0 spiro atoms. The fourth-order valence-electron chi connectivity index (χ4n) is 3.10. The van der Waals surface area contributed by atoms with Crippen LogP contribution < -0.4 is 10.5 Å². The molecule has 164 valence electrons. The van der Waals surface area contributed by atoms with E-state index in [2.05, 4.69) is 19.6 Å². The number of amides is 2. The number of hydrogen-bond acceptors (Lipinski definition) is 6. The highest BCUT2D eigenvalue weighted by Crippen LogP contribution is 2.39. The summed E-state index contributed by atoms with van der Waals surface area (Å²) in [6, 6.07) is -1.14. The maximum Gasteiger partial charge on any atom is 0.433 e. The molecule has 0 aliphatic heterocycles. The molecule has 0 radical (unpaired) electrons. The van der Waals surface area contributed by atoms with Crippen molar-refractivity contribution in [2.24, 2.45) is 9.50 Å². The molecule has 1 aliphatic rings. The Labute approximate surface area is 175 Å². The number of anilines is 1. The Morgan fingerprint density at radius 2 is 2.03 bits per heavy atom. The van der Waals surface area contributed by atoms with Crippen LogP contribution in [0.15, 0.2) is 14.8 Å². The van der Waals surface area contributed by atoms with Crippen molar-refractivity contribution in [3.05, 3.63) is 33.7 Å². The number of hydrogen-bond donors (Lipinski definition) is 3. The molecule has 2 amide bonds. The number of rotatable bonds is 3. The molecule has 1 aliphatic carbocycles. The Balaban J connectivity index is 1.97. The maximum atomic E-state index is 13.3. The van der Waals surface area contributed by atoms with E-state index >= 15 is 0 Å². The smallest absolute Gasteiger partial charge is 0.383 e. The molecule has 0 bridgehead atoms. The van der Waals surface area contributed by atoms with Gasteiger partial charge in [0.05, 0.1) is 11.9 Å². The number of urea groups is 1. The topological polar surface area (TPSA) is 131 Å². The Morgan fingerprint density at radius 1 is 1.37 bits per heavy atom. The number of thiazole rings is 1. The van der Waals surface area contributed by atoms with Crippen molar-refractivity contribution in [2.45, 2.75) is 56.0 Å². The van der Waals surface area contributed by atoms with Crippen LogP contribution in [-0.4, -0.2) is 25.3 Å². The zero-order valence-electron chi connectivity index (χ0n) is 16.3. The number of aromatic nitrogens is 2. The number of aliphatic hydroxyl groups is 1. The second kappa shape index (κ2) is 7.55. The average Bonchev–Trinajstić information content (AvgIpc) is 3.24. The normalized spacial score (nSPS) is 16.1. The second-order valence-corrected chi connectivity index (χ2v) is 10.4. The third-order valence-corrected chi connectivity index (χ3v) is 7.67. The highest BCUT2D eigenvalue weighted by Gasteiger charge is 2.38. The molecule has 4 N–H and O–H groups in total. The van der Waals surface area contributed by atoms with Crippen molar-refractivity contribution >= 4 is 33.0 Å². The first kappa shape index (κ1) is 22.6. The molecule has 0 fully saturated rings. The fraction of sp³-hybridized carbons (Fsp3) is 0.471. The van der Waals surface area contributed by atoms with Gasteiger partial charge >= 0.3 is 12.2 Å². The van der Waals surface area contributed by atoms with Crippen LogP contribution in [0.2, 0.25) is 0 Å². The predicted octanol–water partition coefficient (Wildman–Crippen LogP) is 3.51. The van der Waals surface area contributed by atoms with E-state index in [1.54, 1.807) is 0 Å². The van der Waals surface area contributed by atoms with Crippen LogP contribution in [-0.2, 0) is 34.5 Å². The standard InChI is InChI=1S/C17H20F3N5O3S2/c1-8-12(9-5-4-6-10(9)23-13(8)17(18,19)20)24-15(26)25-30(21,28)11-7-22-14(29-11)16(2,3)27/h7,27H,4-6H2,1-3H3,(H3,21,23,24,25,26,28)/t30-/m0/s1. The third kappa shape index (κ3) is 4.48. The van der Waals surface area contributed by atoms with Crippen molar-refractivity contribution in [1.82, 2.24) is 9.97 Å². The summed E-state index contributed by atoms with van der Waals surface area (Å²) < 4.78 is 56.2. The van der Waals surface area contributed by atoms with E-state index in [9.17, 15) is 27.3 Å². The summed E-state index contributed by atoms with van der Waals surface area (Å²) in [6.45, 7) is 4.16. The van der Waals surface area contributed by atoms with E-state index in [0.717, 1.165) is 17.5 Å². The lowest BCUT2D eigenvalue weighted by molar-refractivity contribution is -0.141. The minimum absolute atomic E-state index is 0.0322. The Hall–Kier alpha value is -2.09. The van der Waals surface area contributed by atoms with Gasteiger partial charge in [-0.05, 0) is 45.6 Å². The number of nitrogens with zero attached hydrogens (tertiary/aromatic N) is 3. The lowest BCUT2D eigenvalue weighted by Gasteiger charge is -2.17. The number of aryl methyl sites for hydroxylation is 1. The molecular weight excluding hydrogens is 443 g/mol. The summed E-state index contributed by atoms with van der Waals surface area (Å²) in [7, 11) is -3.71. The number of pyridine rings is 1. The largest absolute Gasteiger partial charge is 0.433 e. The van der Waals surface area contributed by atoms with Gasteiger partial charge in [-0.25, -0.2) is 24.1 Å². The number of alkyl halides is 3. The van der Waals surface area contributed by atoms with E-state index in [1.165, 1.54) is 20.8 Å². The highest BCUT2D eigenvalue weighted by molar-refractivity contribution is 7.93. The van der Waals surface area contributed by atoms with Crippen molar-refractivity contribution < 1.29 is 27.3 Å². The number of carbonyl (C=O) groups is 1. The van der Waals surface area contributed by atoms with Gasteiger partial charge in [0.15, 0.2) is 9.92 Å². The molecular formula is C17H20F3N5O3S2. The van der Waals surface area contributed by atoms with Gasteiger partial charge in [-0.15, -0.1) is 15.7 Å². The number of nitrogens with one attached hydrogen (secondary N) is 1. The minimum Gasteiger partial charge on any atom is -0.383 e. The summed E-state index contributed by atoms with van der Waals surface area (Å²) >= 11 is 0.830. The van der Waals surface area contributed by atoms with Crippen LogP contribution in [0.3, 0.4) is 0 Å². The lowest BCUT2D eigenvalue weighted by Crippen LogP contribution is -2.20. The number of carbonyl (C=O) groups excluding carboxylic acids is 1. The lowest BCUT2D eigenvalue weighted by atomic mass is 10.1. The first-order valence-electron chi connectivity index (χ1n) is 8.84. The maximum absolute atomic E-state index is 13.3. The monoisotopic (exact) mass is 463 g/mol. The predicted molar refractivity (Wildman–Crippen MR) is 105 cm³/mol. The van der Waals surface area contributed by atoms with Crippen LogP contribution in [0.5, 0.6) is 0 Å². The van der Waals surface area contributed by atoms with E-state index in [4.69, 9.17) is 5.14 Å². The Bertz CT molecular complexity index is 1130. The first-order chi connectivity index (χ1) is 13.7. The summed E-state index contributed by atoms with van der Waals surface area (Å²) in [6.07, 6.45) is -2.10. The highest BCUT2D eigenvalue weighted by atomic mass is 32.2. The molecule has 2 aromatic rings. The second-order valence-electron chi connectivity index (χ2n) is 7.37. The summed E-state index contributed by atoms with van der Waals surface area (Å²) in [4.78, 5) is 20.1. The zero-order chi connectivity index (χ0) is 22.5. The number of nitrogens with two attached hydrogens (primary N) is 1. The van der Waals surface area contributed by atoms with Gasteiger partial charge in [0, 0.05) is 11.3 Å². The average molecular weight is 464 g/mol. The molecule has 1 atom stereocenters. The van der Waals surface area contributed by atoms with Crippen molar-refractivity contribution in [2.75, 3.05) is 5.32 Å². The molecule has 2 aromatic heterocycles. The van der Waals surface area contributed by atoms with E-state index in [-0.39, 0.29) is 26.2 Å².